The van der Waals surface area contributed by atoms with E-state index in [0.29, 0.717) is 27.9 Å². The van der Waals surface area contributed by atoms with Crippen molar-refractivity contribution in [2.24, 2.45) is 0 Å². The Morgan fingerprint density at radius 1 is 0.486 bits per heavy atom. The van der Waals surface area contributed by atoms with Crippen LogP contribution in [0.15, 0.2) is 86.4 Å². The lowest BCUT2D eigenvalue weighted by Crippen LogP contribution is -2.17. The first-order valence-electron chi connectivity index (χ1n) is 21.5. The highest BCUT2D eigenvalue weighted by Gasteiger charge is 2.28. The molecule has 0 aliphatic heterocycles. The number of rotatable bonds is 16. The van der Waals surface area contributed by atoms with E-state index in [1.165, 1.54) is 116 Å². The molecular formula is C48H49N9O17. The number of nitrogens with one attached hydrogen (secondary N) is 2. The lowest BCUT2D eigenvalue weighted by Gasteiger charge is -2.11. The molecule has 388 valence electrons. The van der Waals surface area contributed by atoms with Gasteiger partial charge in [0, 0.05) is 11.1 Å². The summed E-state index contributed by atoms with van der Waals surface area (Å²) in [6, 6.07) is 17.8. The van der Waals surface area contributed by atoms with Gasteiger partial charge in [0.2, 0.25) is 0 Å². The molecule has 7 N–H and O–H groups in total. The average Bonchev–Trinajstić information content (AvgIpc) is 3.97. The summed E-state index contributed by atoms with van der Waals surface area (Å²) < 4.78 is 14.0. The van der Waals surface area contributed by atoms with E-state index in [1.807, 2.05) is 0 Å². The van der Waals surface area contributed by atoms with Crippen LogP contribution in [0.25, 0.3) is 0 Å². The minimum atomic E-state index is -1.03. The van der Waals surface area contributed by atoms with Crippen molar-refractivity contribution < 1.29 is 71.7 Å². The van der Waals surface area contributed by atoms with Gasteiger partial charge in [-0.3, -0.25) is 69.2 Å². The molecule has 74 heavy (non-hydrogen) atoms. The predicted octanol–water partition coefficient (Wildman–Crippen LogP) is 6.60. The minimum absolute atomic E-state index is 0.0430. The van der Waals surface area contributed by atoms with Crippen LogP contribution in [0.5, 0.6) is 0 Å². The molecule has 0 spiro atoms. The number of nitrogens with zero attached hydrogens (tertiary/aromatic N) is 5. The van der Waals surface area contributed by atoms with E-state index in [2.05, 4.69) is 30.6 Å². The highest BCUT2D eigenvalue weighted by molar-refractivity contribution is 6.08. The van der Waals surface area contributed by atoms with Crippen LogP contribution in [-0.2, 0) is 28.8 Å². The van der Waals surface area contributed by atoms with Gasteiger partial charge < -0.3 is 30.1 Å². The van der Waals surface area contributed by atoms with Crippen LogP contribution in [0, 0.1) is 41.0 Å². The molecule has 0 fully saturated rings. The maximum atomic E-state index is 12.2. The molecule has 0 saturated heterocycles. The Kier molecular flexibility index (Phi) is 20.4. The zero-order valence-corrected chi connectivity index (χ0v) is 41.0. The van der Waals surface area contributed by atoms with E-state index in [4.69, 9.17) is 25.6 Å². The molecule has 0 atom stereocenters. The van der Waals surface area contributed by atoms with Crippen LogP contribution < -0.4 is 22.1 Å². The van der Waals surface area contributed by atoms with Crippen molar-refractivity contribution in [3.8, 4) is 0 Å². The monoisotopic (exact) mass is 1020 g/mol. The number of benzene rings is 3. The Morgan fingerprint density at radius 3 is 1.05 bits per heavy atom. The number of nitrogen functional groups attached to an aromatic ring is 2. The standard InChI is InChI=1S/C16H15N3O6.C16H17N3O4.C12H12O4.C4H5N3O3/c1-8-14(19(23)24)16(25-18-8)17-15(22)12-6-4-11(5-7-12)13(9(2)20)10(3)21;1-8-14(17)16(23-19-8)18-15(22)12-6-4-11(5-7-12)13(9(2)20)10(3)21;1-7(13)11(8(2)14)9-3-5-10(6-4-9)12(15)16;1-2-3(7(8)9)4(5)10-6-2/h4-7,13H,1-3H3,(H,17,22);4-7,13H,17H2,1-3H3,(H,18,22);3-6,11H,1-2H3,(H,15,16);5H2,1H3. The maximum absolute atomic E-state index is 12.2. The van der Waals surface area contributed by atoms with Gasteiger partial charge in [0.15, 0.2) is 11.4 Å². The van der Waals surface area contributed by atoms with Crippen molar-refractivity contribution in [3.63, 3.8) is 0 Å². The number of nitrogens with two attached hydrogens (primary N) is 2. The Labute approximate surface area is 419 Å². The summed E-state index contributed by atoms with van der Waals surface area (Å²) in [6.07, 6.45) is 0. The SMILES string of the molecule is CC(=O)C(C(C)=O)c1ccc(C(=O)Nc2onc(C)c2N)cc1.CC(=O)C(C(C)=O)c1ccc(C(=O)Nc2onc(C)c2[N+](=O)[O-])cc1.CC(=O)C(C(C)=O)c1ccc(C(=O)O)cc1.Cc1noc(N)c1[N+](=O)[O-]. The molecule has 0 aliphatic carbocycles. The van der Waals surface area contributed by atoms with Crippen molar-refractivity contribution in [3.05, 3.63) is 143 Å². The van der Waals surface area contributed by atoms with Gasteiger partial charge in [-0.05, 0) is 115 Å². The van der Waals surface area contributed by atoms with E-state index in [9.17, 15) is 63.4 Å². The number of anilines is 4. The number of ketones is 6. The van der Waals surface area contributed by atoms with Crippen molar-refractivity contribution in [1.29, 1.82) is 0 Å². The van der Waals surface area contributed by atoms with Crippen LogP contribution in [0.3, 0.4) is 0 Å². The third-order valence-corrected chi connectivity index (χ3v) is 10.4. The Bertz CT molecular complexity index is 3060. The van der Waals surface area contributed by atoms with Gasteiger partial charge in [0.05, 0.1) is 15.4 Å². The van der Waals surface area contributed by atoms with E-state index >= 15 is 0 Å². The third-order valence-electron chi connectivity index (χ3n) is 10.4. The van der Waals surface area contributed by atoms with Crippen molar-refractivity contribution >= 4 is 87.2 Å². The van der Waals surface area contributed by atoms with Gasteiger partial charge in [-0.15, -0.1) is 0 Å². The number of nitro groups is 2. The Hall–Kier alpha value is -9.88. The molecule has 0 bridgehead atoms. The second-order valence-electron chi connectivity index (χ2n) is 16.0. The van der Waals surface area contributed by atoms with Crippen LogP contribution in [0.2, 0.25) is 0 Å². The van der Waals surface area contributed by atoms with E-state index in [0.717, 1.165) is 0 Å². The van der Waals surface area contributed by atoms with Crippen LogP contribution in [-0.4, -0.2) is 82.9 Å². The van der Waals surface area contributed by atoms with Gasteiger partial charge in [0.25, 0.3) is 17.7 Å². The number of hydrogen-bond acceptors (Lipinski definition) is 21. The summed E-state index contributed by atoms with van der Waals surface area (Å²) in [7, 11) is 0. The quantitative estimate of drug-likeness (QED) is 0.0387. The minimum Gasteiger partial charge on any atom is -0.478 e. The van der Waals surface area contributed by atoms with Crippen LogP contribution in [0.4, 0.5) is 34.7 Å². The Balaban J connectivity index is 0.000000272. The van der Waals surface area contributed by atoms with Crippen LogP contribution in [0.1, 0.15) is 124 Å². The number of hydrogen-bond donors (Lipinski definition) is 5. The number of amides is 2. The number of carbonyl (C=O) groups is 9. The molecule has 26 heteroatoms. The fraction of sp³-hybridized carbons (Fsp3) is 0.250. The first-order chi connectivity index (χ1) is 34.6. The molecule has 26 nitrogen and oxygen atoms in total. The fourth-order valence-corrected chi connectivity index (χ4v) is 6.82. The predicted molar refractivity (Wildman–Crippen MR) is 260 cm³/mol. The zero-order valence-electron chi connectivity index (χ0n) is 41.0. The highest BCUT2D eigenvalue weighted by atomic mass is 16.6. The van der Waals surface area contributed by atoms with Crippen molar-refractivity contribution in [1.82, 2.24) is 15.5 Å². The molecule has 6 aromatic rings. The van der Waals surface area contributed by atoms with E-state index < -0.39 is 51.1 Å². The lowest BCUT2D eigenvalue weighted by atomic mass is 9.91. The summed E-state index contributed by atoms with van der Waals surface area (Å²) in [6.45, 7) is 12.6. The molecule has 3 aromatic heterocycles. The zero-order chi connectivity index (χ0) is 55.9. The number of aromatic carboxylic acids is 1. The number of carboxylic acid groups (broad SMARTS) is 1. The van der Waals surface area contributed by atoms with Crippen molar-refractivity contribution in [2.75, 3.05) is 22.1 Å². The molecule has 6 rings (SSSR count). The van der Waals surface area contributed by atoms with Gasteiger partial charge in [-0.1, -0.05) is 51.9 Å². The smallest absolute Gasteiger partial charge is 0.356 e. The first-order valence-corrected chi connectivity index (χ1v) is 21.5. The fourth-order valence-electron chi connectivity index (χ4n) is 6.82. The molecule has 0 aliphatic rings. The number of aromatic nitrogens is 3. The summed E-state index contributed by atoms with van der Waals surface area (Å²) in [5.74, 6) is -6.65. The molecular weight excluding hydrogens is 975 g/mol. The summed E-state index contributed by atoms with van der Waals surface area (Å²) >= 11 is 0. The molecule has 2 amide bonds. The topological polar surface area (TPSA) is 414 Å². The largest absolute Gasteiger partial charge is 0.478 e. The number of Topliss-reactive ketones (excluding diaryl/α,β-unsaturated/α-hetero) is 6. The number of carboxylic acids is 1. The van der Waals surface area contributed by atoms with Crippen molar-refractivity contribution in [2.45, 2.75) is 80.1 Å². The van der Waals surface area contributed by atoms with E-state index in [-0.39, 0.29) is 86.2 Å². The first kappa shape index (κ1) is 58.4. The van der Waals surface area contributed by atoms with Crippen LogP contribution >= 0.6 is 0 Å². The third kappa shape index (κ3) is 15.3. The molecule has 0 radical (unpaired) electrons. The second-order valence-corrected chi connectivity index (χ2v) is 16.0. The molecule has 3 aromatic carbocycles. The van der Waals surface area contributed by atoms with E-state index in [1.54, 1.807) is 19.1 Å². The van der Waals surface area contributed by atoms with Gasteiger partial charge >= 0.3 is 29.1 Å². The number of aryl methyl sites for hydroxylation is 3. The Morgan fingerprint density at radius 2 is 0.784 bits per heavy atom. The van der Waals surface area contributed by atoms with Gasteiger partial charge in [-0.2, -0.15) is 0 Å². The highest BCUT2D eigenvalue weighted by Crippen LogP contribution is 2.29. The molecule has 0 unspecified atom stereocenters. The second kappa shape index (κ2) is 25.8. The lowest BCUT2D eigenvalue weighted by molar-refractivity contribution is -0.384. The summed E-state index contributed by atoms with van der Waals surface area (Å²) in [5, 5.41) is 45.0. The average molecular weight is 1020 g/mol. The summed E-state index contributed by atoms with van der Waals surface area (Å²) in [5.41, 5.74) is 13.3. The molecule has 0 saturated carbocycles. The van der Waals surface area contributed by atoms with Gasteiger partial charge in [0.1, 0.15) is 63.8 Å². The normalized spacial score (nSPS) is 10.4. The molecule has 3 heterocycles. The maximum Gasteiger partial charge on any atom is 0.356 e. The summed E-state index contributed by atoms with van der Waals surface area (Å²) in [4.78, 5) is 123. The number of carbonyl (C=O) groups excluding carboxylic acids is 8. The van der Waals surface area contributed by atoms with Gasteiger partial charge in [-0.25, -0.2) is 4.79 Å².